The Hall–Kier alpha value is -4.37. The van der Waals surface area contributed by atoms with E-state index >= 15 is 0 Å². The number of carbonyl (C=O) groups is 1. The summed E-state index contributed by atoms with van der Waals surface area (Å²) in [5.74, 6) is 0.356. The van der Waals surface area contributed by atoms with Gasteiger partial charge in [-0.3, -0.25) is 4.79 Å². The molecule has 0 saturated heterocycles. The van der Waals surface area contributed by atoms with Gasteiger partial charge in [-0.15, -0.1) is 0 Å². The third-order valence-electron chi connectivity index (χ3n) is 7.42. The molecule has 1 aromatic heterocycles. The molecular formula is C33H27NO2. The summed E-state index contributed by atoms with van der Waals surface area (Å²) in [5.41, 5.74) is 8.10. The van der Waals surface area contributed by atoms with Crippen LogP contribution in [0.4, 0.5) is 0 Å². The molecule has 1 atom stereocenters. The summed E-state index contributed by atoms with van der Waals surface area (Å²) >= 11 is 0. The van der Waals surface area contributed by atoms with E-state index < -0.39 is 5.41 Å². The summed E-state index contributed by atoms with van der Waals surface area (Å²) in [6, 6.07) is 37.7. The van der Waals surface area contributed by atoms with Crippen LogP contribution in [0.25, 0.3) is 27.7 Å². The first-order chi connectivity index (χ1) is 17.5. The van der Waals surface area contributed by atoms with Crippen molar-refractivity contribution in [2.24, 2.45) is 7.05 Å². The summed E-state index contributed by atoms with van der Waals surface area (Å²) in [6.45, 7) is 3.65. The maximum Gasteiger partial charge on any atom is 0.307 e. The molecule has 36 heavy (non-hydrogen) atoms. The van der Waals surface area contributed by atoms with Gasteiger partial charge in [0.1, 0.15) is 5.76 Å². The molecule has 0 bridgehead atoms. The Morgan fingerprint density at radius 3 is 2.11 bits per heavy atom. The molecule has 0 spiro atoms. The Labute approximate surface area is 211 Å². The minimum atomic E-state index is -0.621. The van der Waals surface area contributed by atoms with Crippen molar-refractivity contribution >= 4 is 22.4 Å². The monoisotopic (exact) mass is 469 g/mol. The number of ether oxygens (including phenoxy) is 1. The van der Waals surface area contributed by atoms with Crippen LogP contribution in [-0.4, -0.2) is 10.5 Å². The van der Waals surface area contributed by atoms with Crippen LogP contribution in [0.1, 0.15) is 36.1 Å². The molecule has 3 heteroatoms. The topological polar surface area (TPSA) is 31.2 Å². The standard InChI is InChI=1S/C33H27NO2/c1-22(35)36-32-30(25-18-10-12-20-27(25)33(32,2)24-16-8-5-9-17-24)29-26-19-11-13-21-28(26)34(3)31(29)23-14-6-4-7-15-23/h4-21H,1-3H3/t33-/m0/s1. The quantitative estimate of drug-likeness (QED) is 0.255. The Morgan fingerprint density at radius 2 is 1.39 bits per heavy atom. The fraction of sp³-hybridized carbons (Fsp3) is 0.121. The highest BCUT2D eigenvalue weighted by Crippen LogP contribution is 2.55. The van der Waals surface area contributed by atoms with Crippen molar-refractivity contribution in [3.05, 3.63) is 137 Å². The van der Waals surface area contributed by atoms with Crippen LogP contribution in [0.15, 0.2) is 115 Å². The number of aryl methyl sites for hydroxylation is 1. The summed E-state index contributed by atoms with van der Waals surface area (Å²) in [6.07, 6.45) is 0. The molecule has 0 fully saturated rings. The zero-order chi connectivity index (χ0) is 24.9. The van der Waals surface area contributed by atoms with Crippen molar-refractivity contribution < 1.29 is 9.53 Å². The second kappa shape index (κ2) is 8.39. The molecule has 0 N–H and O–H groups in total. The number of rotatable bonds is 4. The lowest BCUT2D eigenvalue weighted by atomic mass is 9.77. The molecule has 0 aliphatic heterocycles. The van der Waals surface area contributed by atoms with Gasteiger partial charge in [-0.1, -0.05) is 103 Å². The van der Waals surface area contributed by atoms with Crippen LogP contribution >= 0.6 is 0 Å². The maximum atomic E-state index is 12.6. The molecule has 3 nitrogen and oxygen atoms in total. The molecule has 5 aromatic rings. The predicted octanol–water partition coefficient (Wildman–Crippen LogP) is 7.49. The molecule has 0 saturated carbocycles. The first-order valence-corrected chi connectivity index (χ1v) is 12.2. The van der Waals surface area contributed by atoms with Gasteiger partial charge in [0.05, 0.1) is 11.1 Å². The van der Waals surface area contributed by atoms with Gasteiger partial charge < -0.3 is 9.30 Å². The van der Waals surface area contributed by atoms with Gasteiger partial charge in [-0.05, 0) is 35.2 Å². The number of allylic oxidation sites excluding steroid dienone is 1. The molecule has 1 heterocycles. The molecule has 176 valence electrons. The first-order valence-electron chi connectivity index (χ1n) is 12.2. The Morgan fingerprint density at radius 1 is 0.778 bits per heavy atom. The first kappa shape index (κ1) is 22.1. The van der Waals surface area contributed by atoms with E-state index in [-0.39, 0.29) is 5.97 Å². The van der Waals surface area contributed by atoms with Gasteiger partial charge in [0.15, 0.2) is 0 Å². The van der Waals surface area contributed by atoms with Gasteiger partial charge in [-0.2, -0.15) is 0 Å². The molecule has 1 aliphatic rings. The smallest absolute Gasteiger partial charge is 0.307 e. The summed E-state index contributed by atoms with van der Waals surface area (Å²) < 4.78 is 8.46. The number of benzene rings is 4. The van der Waals surface area contributed by atoms with Gasteiger partial charge >= 0.3 is 5.97 Å². The van der Waals surface area contributed by atoms with E-state index in [0.29, 0.717) is 5.76 Å². The molecule has 0 unspecified atom stereocenters. The SMILES string of the molecule is CC(=O)OC1=C(c2c(-c3ccccc3)n(C)c3ccccc23)c2ccccc2[C@]1(C)c1ccccc1. The van der Waals surface area contributed by atoms with Crippen LogP contribution in [0.5, 0.6) is 0 Å². The Balaban J connectivity index is 1.80. The zero-order valence-electron chi connectivity index (χ0n) is 20.7. The van der Waals surface area contributed by atoms with E-state index in [1.54, 1.807) is 0 Å². The predicted molar refractivity (Wildman–Crippen MR) is 145 cm³/mol. The second-order valence-corrected chi connectivity index (χ2v) is 9.50. The summed E-state index contributed by atoms with van der Waals surface area (Å²) in [4.78, 5) is 12.6. The van der Waals surface area contributed by atoms with Gasteiger partial charge in [0.25, 0.3) is 0 Å². The second-order valence-electron chi connectivity index (χ2n) is 9.50. The zero-order valence-corrected chi connectivity index (χ0v) is 20.7. The summed E-state index contributed by atoms with van der Waals surface area (Å²) in [5, 5.41) is 1.13. The normalized spacial score (nSPS) is 16.9. The van der Waals surface area contributed by atoms with Gasteiger partial charge in [0, 0.05) is 36.0 Å². The van der Waals surface area contributed by atoms with Crippen molar-refractivity contribution in [3.63, 3.8) is 0 Å². The average molecular weight is 470 g/mol. The minimum absolute atomic E-state index is 0.320. The van der Waals surface area contributed by atoms with Crippen LogP contribution in [0, 0.1) is 0 Å². The largest absolute Gasteiger partial charge is 0.429 e. The number of fused-ring (bicyclic) bond motifs is 2. The highest BCUT2D eigenvalue weighted by atomic mass is 16.5. The number of hydrogen-bond donors (Lipinski definition) is 0. The fourth-order valence-corrected chi connectivity index (χ4v) is 5.82. The molecule has 4 aromatic carbocycles. The van der Waals surface area contributed by atoms with Crippen molar-refractivity contribution in [2.45, 2.75) is 19.3 Å². The third-order valence-corrected chi connectivity index (χ3v) is 7.42. The molecule has 0 amide bonds. The van der Waals surface area contributed by atoms with E-state index in [1.165, 1.54) is 6.92 Å². The molecule has 6 rings (SSSR count). The van der Waals surface area contributed by atoms with Crippen LogP contribution in [0.2, 0.25) is 0 Å². The lowest BCUT2D eigenvalue weighted by Gasteiger charge is -2.29. The maximum absolute atomic E-state index is 12.6. The number of aromatic nitrogens is 1. The van der Waals surface area contributed by atoms with E-state index in [1.807, 2.05) is 24.3 Å². The van der Waals surface area contributed by atoms with Gasteiger partial charge in [-0.25, -0.2) is 0 Å². The number of para-hydroxylation sites is 1. The van der Waals surface area contributed by atoms with E-state index in [4.69, 9.17) is 4.74 Å². The van der Waals surface area contributed by atoms with E-state index in [2.05, 4.69) is 103 Å². The number of nitrogens with zero attached hydrogens (tertiary/aromatic N) is 1. The van der Waals surface area contributed by atoms with Crippen molar-refractivity contribution in [1.29, 1.82) is 0 Å². The number of esters is 1. The fourth-order valence-electron chi connectivity index (χ4n) is 5.82. The van der Waals surface area contributed by atoms with Crippen LogP contribution in [-0.2, 0) is 22.0 Å². The molecular weight excluding hydrogens is 442 g/mol. The lowest BCUT2D eigenvalue weighted by Crippen LogP contribution is -2.26. The van der Waals surface area contributed by atoms with E-state index in [0.717, 1.165) is 50.0 Å². The van der Waals surface area contributed by atoms with Crippen LogP contribution in [0.3, 0.4) is 0 Å². The Bertz CT molecular complexity index is 1640. The molecule has 1 aliphatic carbocycles. The van der Waals surface area contributed by atoms with Crippen molar-refractivity contribution in [3.8, 4) is 11.3 Å². The number of hydrogen-bond acceptors (Lipinski definition) is 2. The lowest BCUT2D eigenvalue weighted by molar-refractivity contribution is -0.137. The van der Waals surface area contributed by atoms with Crippen molar-refractivity contribution in [2.75, 3.05) is 0 Å². The molecule has 0 radical (unpaired) electrons. The van der Waals surface area contributed by atoms with Crippen LogP contribution < -0.4 is 0 Å². The van der Waals surface area contributed by atoms with Crippen molar-refractivity contribution in [1.82, 2.24) is 4.57 Å². The number of carbonyl (C=O) groups excluding carboxylic acids is 1. The minimum Gasteiger partial charge on any atom is -0.429 e. The highest BCUT2D eigenvalue weighted by Gasteiger charge is 2.46. The highest BCUT2D eigenvalue weighted by molar-refractivity contribution is 6.07. The van der Waals surface area contributed by atoms with Gasteiger partial charge in [0.2, 0.25) is 0 Å². The average Bonchev–Trinajstić information content (AvgIpc) is 3.34. The Kier molecular flexibility index (Phi) is 5.15. The summed E-state index contributed by atoms with van der Waals surface area (Å²) in [7, 11) is 2.11. The van der Waals surface area contributed by atoms with E-state index in [9.17, 15) is 4.79 Å². The third kappa shape index (κ3) is 3.16.